The van der Waals surface area contributed by atoms with Crippen molar-refractivity contribution < 1.29 is 14.6 Å². The molecule has 0 fully saturated rings. The molecule has 1 aromatic carbocycles. The molecule has 0 radical (unpaired) electrons. The van der Waals surface area contributed by atoms with Gasteiger partial charge in [-0.15, -0.1) is 0 Å². The second kappa shape index (κ2) is 7.46. The normalized spacial score (nSPS) is 13.2. The lowest BCUT2D eigenvalue weighted by Gasteiger charge is -2.23. The molecule has 0 bridgehead atoms. The highest BCUT2D eigenvalue weighted by Crippen LogP contribution is 2.28. The Balaban J connectivity index is 2.65. The number of nitrogens with one attached hydrogen (secondary N) is 1. The van der Waals surface area contributed by atoms with E-state index in [0.717, 1.165) is 6.42 Å². The zero-order valence-electron chi connectivity index (χ0n) is 13.6. The molecule has 0 spiro atoms. The van der Waals surface area contributed by atoms with Gasteiger partial charge in [-0.05, 0) is 29.5 Å². The van der Waals surface area contributed by atoms with E-state index in [2.05, 4.69) is 26.1 Å². The first-order valence-corrected chi connectivity index (χ1v) is 7.48. The second-order valence-corrected chi connectivity index (χ2v) is 6.29. The van der Waals surface area contributed by atoms with Crippen LogP contribution < -0.4 is 10.1 Å². The molecule has 0 amide bonds. The molecule has 1 aromatic rings. The largest absolute Gasteiger partial charge is 0.491 e. The van der Waals surface area contributed by atoms with Crippen LogP contribution in [-0.4, -0.2) is 29.8 Å². The molecule has 4 heteroatoms. The van der Waals surface area contributed by atoms with Crippen molar-refractivity contribution in [2.75, 3.05) is 6.61 Å². The Morgan fingerprint density at radius 1 is 1.29 bits per heavy atom. The first kappa shape index (κ1) is 17.5. The molecular weight excluding hydrogens is 266 g/mol. The maximum Gasteiger partial charge on any atom is 0.324 e. The van der Waals surface area contributed by atoms with Crippen LogP contribution in [0.2, 0.25) is 0 Å². The van der Waals surface area contributed by atoms with Gasteiger partial charge in [0.15, 0.2) is 0 Å². The summed E-state index contributed by atoms with van der Waals surface area (Å²) < 4.78 is 5.59. The monoisotopic (exact) mass is 293 g/mol. The van der Waals surface area contributed by atoms with Crippen molar-refractivity contribution in [1.29, 1.82) is 0 Å². The van der Waals surface area contributed by atoms with Gasteiger partial charge in [0.25, 0.3) is 0 Å². The average Bonchev–Trinajstić information content (AvgIpc) is 2.43. The van der Waals surface area contributed by atoms with Crippen LogP contribution in [0.1, 0.15) is 46.6 Å². The lowest BCUT2D eigenvalue weighted by molar-refractivity contribution is -0.140. The Hall–Kier alpha value is -1.55. The van der Waals surface area contributed by atoms with Gasteiger partial charge in [0.2, 0.25) is 0 Å². The van der Waals surface area contributed by atoms with Crippen molar-refractivity contribution in [2.24, 2.45) is 0 Å². The van der Waals surface area contributed by atoms with Crippen molar-refractivity contribution >= 4 is 5.97 Å². The molecule has 1 unspecified atom stereocenters. The minimum Gasteiger partial charge on any atom is -0.491 e. The zero-order chi connectivity index (χ0) is 16.0. The highest BCUT2D eigenvalue weighted by Gasteiger charge is 2.20. The molecule has 0 aliphatic rings. The van der Waals surface area contributed by atoms with Crippen LogP contribution >= 0.6 is 0 Å². The minimum absolute atomic E-state index is 0.0995. The van der Waals surface area contributed by atoms with Gasteiger partial charge in [-0.2, -0.15) is 0 Å². The van der Waals surface area contributed by atoms with Crippen LogP contribution in [0.25, 0.3) is 0 Å². The molecule has 0 saturated carbocycles. The zero-order valence-corrected chi connectivity index (χ0v) is 13.6. The summed E-state index contributed by atoms with van der Waals surface area (Å²) in [6, 6.07) is 7.30. The molecule has 0 aromatic heterocycles. The van der Waals surface area contributed by atoms with Crippen molar-refractivity contribution in [3.8, 4) is 5.75 Å². The predicted octanol–water partition coefficient (Wildman–Crippen LogP) is 3.20. The standard InChI is InChI=1S/C17H27NO3/c1-6-17(4,5)13-7-9-14(10-8-13)21-11-15(16(19)20)18-12(2)3/h7-10,12,15,18H,6,11H2,1-5H3,(H,19,20). The third kappa shape index (κ3) is 5.38. The van der Waals surface area contributed by atoms with Crippen LogP contribution in [0.5, 0.6) is 5.75 Å². The van der Waals surface area contributed by atoms with Gasteiger partial charge in [0.1, 0.15) is 18.4 Å². The number of carboxylic acids is 1. The van der Waals surface area contributed by atoms with Gasteiger partial charge in [-0.25, -0.2) is 0 Å². The molecule has 2 N–H and O–H groups in total. The number of aliphatic carboxylic acids is 1. The van der Waals surface area contributed by atoms with E-state index < -0.39 is 12.0 Å². The summed E-state index contributed by atoms with van der Waals surface area (Å²) in [7, 11) is 0. The van der Waals surface area contributed by atoms with E-state index in [1.165, 1.54) is 5.56 Å². The van der Waals surface area contributed by atoms with Crippen LogP contribution in [0.4, 0.5) is 0 Å². The lowest BCUT2D eigenvalue weighted by Crippen LogP contribution is -2.44. The van der Waals surface area contributed by atoms with Crippen molar-refractivity contribution in [1.82, 2.24) is 5.32 Å². The van der Waals surface area contributed by atoms with E-state index in [-0.39, 0.29) is 18.1 Å². The fraction of sp³-hybridized carbons (Fsp3) is 0.588. The fourth-order valence-corrected chi connectivity index (χ4v) is 1.98. The average molecular weight is 293 g/mol. The van der Waals surface area contributed by atoms with Crippen LogP contribution in [0.15, 0.2) is 24.3 Å². The van der Waals surface area contributed by atoms with Crippen LogP contribution in [0.3, 0.4) is 0 Å². The topological polar surface area (TPSA) is 58.6 Å². The second-order valence-electron chi connectivity index (χ2n) is 6.29. The minimum atomic E-state index is -0.896. The summed E-state index contributed by atoms with van der Waals surface area (Å²) in [4.78, 5) is 11.1. The first-order chi connectivity index (χ1) is 9.76. The molecule has 1 rings (SSSR count). The molecule has 0 heterocycles. The van der Waals surface area contributed by atoms with E-state index >= 15 is 0 Å². The van der Waals surface area contributed by atoms with E-state index in [9.17, 15) is 4.79 Å². The van der Waals surface area contributed by atoms with E-state index in [1.807, 2.05) is 38.1 Å². The van der Waals surface area contributed by atoms with Gasteiger partial charge >= 0.3 is 5.97 Å². The SMILES string of the molecule is CCC(C)(C)c1ccc(OCC(NC(C)C)C(=O)O)cc1. The smallest absolute Gasteiger partial charge is 0.324 e. The number of carbonyl (C=O) groups is 1. The molecule has 4 nitrogen and oxygen atoms in total. The Kier molecular flexibility index (Phi) is 6.21. The predicted molar refractivity (Wildman–Crippen MR) is 84.9 cm³/mol. The molecule has 0 aliphatic carbocycles. The maximum atomic E-state index is 11.1. The Morgan fingerprint density at radius 2 is 1.86 bits per heavy atom. The van der Waals surface area contributed by atoms with Gasteiger partial charge in [0.05, 0.1) is 0 Å². The van der Waals surface area contributed by atoms with Crippen LogP contribution in [0, 0.1) is 0 Å². The molecule has 118 valence electrons. The Morgan fingerprint density at radius 3 is 2.29 bits per heavy atom. The van der Waals surface area contributed by atoms with Crippen LogP contribution in [-0.2, 0) is 10.2 Å². The van der Waals surface area contributed by atoms with Gasteiger partial charge in [-0.1, -0.05) is 46.8 Å². The van der Waals surface area contributed by atoms with Crippen molar-refractivity contribution in [2.45, 2.75) is 58.5 Å². The number of hydrogen-bond donors (Lipinski definition) is 2. The lowest BCUT2D eigenvalue weighted by atomic mass is 9.82. The Labute approximate surface area is 127 Å². The highest BCUT2D eigenvalue weighted by molar-refractivity contribution is 5.73. The molecular formula is C17H27NO3. The van der Waals surface area contributed by atoms with E-state index in [1.54, 1.807) is 0 Å². The van der Waals surface area contributed by atoms with Gasteiger partial charge in [0, 0.05) is 6.04 Å². The third-order valence-electron chi connectivity index (χ3n) is 3.77. The quantitative estimate of drug-likeness (QED) is 0.772. The summed E-state index contributed by atoms with van der Waals surface area (Å²) in [6.45, 7) is 10.5. The first-order valence-electron chi connectivity index (χ1n) is 7.48. The number of carboxylic acid groups (broad SMARTS) is 1. The van der Waals surface area contributed by atoms with Crippen molar-refractivity contribution in [3.63, 3.8) is 0 Å². The summed E-state index contributed by atoms with van der Waals surface area (Å²) in [5, 5.41) is 12.1. The number of hydrogen-bond acceptors (Lipinski definition) is 3. The molecule has 0 aliphatic heterocycles. The van der Waals surface area contributed by atoms with Crippen molar-refractivity contribution in [3.05, 3.63) is 29.8 Å². The summed E-state index contributed by atoms with van der Waals surface area (Å²) in [6.07, 6.45) is 1.06. The van der Waals surface area contributed by atoms with E-state index in [4.69, 9.17) is 9.84 Å². The Bertz CT molecular complexity index is 452. The summed E-state index contributed by atoms with van der Waals surface area (Å²) in [5.74, 6) is -0.199. The summed E-state index contributed by atoms with van der Waals surface area (Å²) >= 11 is 0. The number of benzene rings is 1. The molecule has 21 heavy (non-hydrogen) atoms. The van der Waals surface area contributed by atoms with Gasteiger partial charge < -0.3 is 9.84 Å². The molecule has 0 saturated heterocycles. The van der Waals surface area contributed by atoms with Gasteiger partial charge in [-0.3, -0.25) is 10.1 Å². The molecule has 1 atom stereocenters. The van der Waals surface area contributed by atoms with E-state index in [0.29, 0.717) is 5.75 Å². The number of rotatable bonds is 8. The fourth-order valence-electron chi connectivity index (χ4n) is 1.98. The third-order valence-corrected chi connectivity index (χ3v) is 3.77. The highest BCUT2D eigenvalue weighted by atomic mass is 16.5. The summed E-state index contributed by atoms with van der Waals surface area (Å²) in [5.41, 5.74) is 1.40. The number of ether oxygens (including phenoxy) is 1. The maximum absolute atomic E-state index is 11.1.